The van der Waals surface area contributed by atoms with Gasteiger partial charge in [0.15, 0.2) is 5.76 Å². The summed E-state index contributed by atoms with van der Waals surface area (Å²) in [7, 11) is 0. The van der Waals surface area contributed by atoms with E-state index in [9.17, 15) is 14.0 Å². The number of hydrogen-bond acceptors (Lipinski definition) is 5. The van der Waals surface area contributed by atoms with Crippen LogP contribution in [0.3, 0.4) is 0 Å². The maximum Gasteiger partial charge on any atom is 0.290 e. The predicted molar refractivity (Wildman–Crippen MR) is 115 cm³/mol. The summed E-state index contributed by atoms with van der Waals surface area (Å²) in [6.07, 6.45) is 2.19. The van der Waals surface area contributed by atoms with Gasteiger partial charge in [-0.3, -0.25) is 9.59 Å². The molecule has 0 spiro atoms. The fourth-order valence-electron chi connectivity index (χ4n) is 3.74. The first-order valence-corrected chi connectivity index (χ1v) is 11.0. The van der Waals surface area contributed by atoms with Gasteiger partial charge in [-0.1, -0.05) is 6.07 Å². The molecule has 0 saturated heterocycles. The van der Waals surface area contributed by atoms with Gasteiger partial charge in [-0.25, -0.2) is 4.39 Å². The van der Waals surface area contributed by atoms with E-state index in [1.165, 1.54) is 28.2 Å². The Morgan fingerprint density at radius 2 is 2.16 bits per heavy atom. The molecule has 3 aromatic rings. The van der Waals surface area contributed by atoms with Crippen molar-refractivity contribution >= 4 is 23.2 Å². The van der Waals surface area contributed by atoms with E-state index >= 15 is 0 Å². The van der Waals surface area contributed by atoms with Crippen molar-refractivity contribution in [2.75, 3.05) is 26.2 Å². The minimum absolute atomic E-state index is 0.0496. The predicted octanol–water partition coefficient (Wildman–Crippen LogP) is 4.15. The molecule has 4 rings (SSSR count). The van der Waals surface area contributed by atoms with Crippen molar-refractivity contribution in [3.8, 4) is 5.75 Å². The molecule has 0 bridgehead atoms. The second-order valence-corrected chi connectivity index (χ2v) is 8.22. The Hall–Kier alpha value is -3.13. The van der Waals surface area contributed by atoms with Crippen molar-refractivity contribution in [1.29, 1.82) is 0 Å². The Bertz CT molecular complexity index is 1050. The average Bonchev–Trinajstić information content (AvgIpc) is 3.47. The highest BCUT2D eigenvalue weighted by atomic mass is 32.1. The molecule has 1 aliphatic rings. The molecule has 0 aliphatic carbocycles. The monoisotopic (exact) mass is 442 g/mol. The molecular formula is C23H23FN2O4S. The molecule has 0 N–H and O–H groups in total. The standard InChI is InChI=1S/C23H23FN2O4S/c1-2-25(23(28)20-7-4-11-29-20)14-22(27)26-10-8-21-18(9-12-31-21)19(26)15-30-17-6-3-5-16(24)13-17/h3-7,9,11-13,19H,2,8,10,14-15H2,1H3/t19-/m1/s1. The molecule has 6 nitrogen and oxygen atoms in total. The lowest BCUT2D eigenvalue weighted by atomic mass is 10.0. The van der Waals surface area contributed by atoms with Gasteiger partial charge in [0.2, 0.25) is 5.91 Å². The third-order valence-corrected chi connectivity index (χ3v) is 6.34. The number of amides is 2. The fraction of sp³-hybridized carbons (Fsp3) is 0.304. The van der Waals surface area contributed by atoms with Crippen LogP contribution in [0.15, 0.2) is 58.5 Å². The SMILES string of the molecule is CCN(CC(=O)N1CCc2sccc2[C@H]1COc1cccc(F)c1)C(=O)c1ccco1. The van der Waals surface area contributed by atoms with Crippen LogP contribution in [-0.2, 0) is 11.2 Å². The van der Waals surface area contributed by atoms with Crippen molar-refractivity contribution in [3.05, 3.63) is 76.1 Å². The lowest BCUT2D eigenvalue weighted by Gasteiger charge is -2.37. The zero-order chi connectivity index (χ0) is 21.8. The Morgan fingerprint density at radius 1 is 1.29 bits per heavy atom. The molecule has 0 saturated carbocycles. The number of benzene rings is 1. The largest absolute Gasteiger partial charge is 0.491 e. The molecule has 1 aliphatic heterocycles. The van der Waals surface area contributed by atoms with E-state index in [1.54, 1.807) is 40.5 Å². The first-order valence-electron chi connectivity index (χ1n) is 10.1. The molecule has 8 heteroatoms. The van der Waals surface area contributed by atoms with Gasteiger partial charge in [-0.2, -0.15) is 0 Å². The molecule has 0 unspecified atom stereocenters. The number of carbonyl (C=O) groups excluding carboxylic acids is 2. The number of rotatable bonds is 7. The lowest BCUT2D eigenvalue weighted by Crippen LogP contribution is -2.47. The van der Waals surface area contributed by atoms with Gasteiger partial charge >= 0.3 is 0 Å². The van der Waals surface area contributed by atoms with Gasteiger partial charge < -0.3 is 19.0 Å². The quantitative estimate of drug-likeness (QED) is 0.552. The molecule has 1 atom stereocenters. The van der Waals surface area contributed by atoms with Crippen molar-refractivity contribution in [1.82, 2.24) is 9.80 Å². The Labute approximate surface area is 183 Å². The molecule has 31 heavy (non-hydrogen) atoms. The number of furan rings is 1. The summed E-state index contributed by atoms with van der Waals surface area (Å²) in [5.41, 5.74) is 1.04. The van der Waals surface area contributed by atoms with E-state index in [0.29, 0.717) is 18.8 Å². The van der Waals surface area contributed by atoms with Crippen LogP contribution in [0.5, 0.6) is 5.75 Å². The van der Waals surface area contributed by atoms with Crippen LogP contribution in [-0.4, -0.2) is 47.9 Å². The van der Waals surface area contributed by atoms with Crippen LogP contribution in [0.1, 0.15) is 34.0 Å². The number of likely N-dealkylation sites (N-methyl/N-ethyl adjacent to an activating group) is 1. The summed E-state index contributed by atoms with van der Waals surface area (Å²) in [4.78, 5) is 30.3. The zero-order valence-corrected chi connectivity index (χ0v) is 17.9. The molecule has 1 aromatic carbocycles. The van der Waals surface area contributed by atoms with E-state index < -0.39 is 0 Å². The van der Waals surface area contributed by atoms with Crippen LogP contribution >= 0.6 is 11.3 Å². The van der Waals surface area contributed by atoms with E-state index in [1.807, 2.05) is 18.4 Å². The van der Waals surface area contributed by atoms with Crippen LogP contribution in [0, 0.1) is 5.82 Å². The van der Waals surface area contributed by atoms with E-state index in [4.69, 9.17) is 9.15 Å². The number of ether oxygens (including phenoxy) is 1. The Kier molecular flexibility index (Phi) is 6.36. The van der Waals surface area contributed by atoms with Crippen molar-refractivity contribution < 1.29 is 23.1 Å². The van der Waals surface area contributed by atoms with E-state index in [-0.39, 0.29) is 42.6 Å². The number of fused-ring (bicyclic) bond motifs is 1. The molecule has 0 fully saturated rings. The van der Waals surface area contributed by atoms with Gasteiger partial charge in [0, 0.05) is 24.0 Å². The second-order valence-electron chi connectivity index (χ2n) is 7.22. The van der Waals surface area contributed by atoms with Gasteiger partial charge in [0.05, 0.1) is 12.3 Å². The number of carbonyl (C=O) groups is 2. The summed E-state index contributed by atoms with van der Waals surface area (Å²) in [5.74, 6) is -0.231. The van der Waals surface area contributed by atoms with Crippen LogP contribution < -0.4 is 4.74 Å². The molecule has 0 radical (unpaired) electrons. The van der Waals surface area contributed by atoms with Gasteiger partial charge in [-0.15, -0.1) is 11.3 Å². The van der Waals surface area contributed by atoms with Gasteiger partial charge in [0.25, 0.3) is 5.91 Å². The second kappa shape index (κ2) is 9.34. The van der Waals surface area contributed by atoms with Crippen molar-refractivity contribution in [2.45, 2.75) is 19.4 Å². The normalized spacial score (nSPS) is 15.4. The van der Waals surface area contributed by atoms with Gasteiger partial charge in [0.1, 0.15) is 24.7 Å². The van der Waals surface area contributed by atoms with Crippen LogP contribution in [0.4, 0.5) is 4.39 Å². The average molecular weight is 443 g/mol. The van der Waals surface area contributed by atoms with E-state index in [2.05, 4.69) is 0 Å². The molecule has 2 amide bonds. The molecule has 162 valence electrons. The van der Waals surface area contributed by atoms with Crippen molar-refractivity contribution in [3.63, 3.8) is 0 Å². The fourth-order valence-corrected chi connectivity index (χ4v) is 4.67. The highest BCUT2D eigenvalue weighted by Crippen LogP contribution is 2.34. The van der Waals surface area contributed by atoms with Gasteiger partial charge in [-0.05, 0) is 54.6 Å². The topological polar surface area (TPSA) is 63.0 Å². The van der Waals surface area contributed by atoms with E-state index in [0.717, 1.165) is 12.0 Å². The summed E-state index contributed by atoms with van der Waals surface area (Å²) in [5, 5.41) is 2.01. The summed E-state index contributed by atoms with van der Waals surface area (Å²) >= 11 is 1.66. The van der Waals surface area contributed by atoms with Crippen molar-refractivity contribution in [2.24, 2.45) is 0 Å². The smallest absolute Gasteiger partial charge is 0.290 e. The maximum atomic E-state index is 13.5. The molecular weight excluding hydrogens is 419 g/mol. The first kappa shape index (κ1) is 21.1. The van der Waals surface area contributed by atoms with Crippen LogP contribution in [0.2, 0.25) is 0 Å². The first-order chi connectivity index (χ1) is 15.1. The third-order valence-electron chi connectivity index (χ3n) is 5.35. The summed E-state index contributed by atoms with van der Waals surface area (Å²) < 4.78 is 24.6. The zero-order valence-electron chi connectivity index (χ0n) is 17.1. The third kappa shape index (κ3) is 4.64. The number of thiophene rings is 1. The Balaban J connectivity index is 1.50. The number of hydrogen-bond donors (Lipinski definition) is 0. The van der Waals surface area contributed by atoms with Crippen LogP contribution in [0.25, 0.3) is 0 Å². The minimum atomic E-state index is -0.375. The highest BCUT2D eigenvalue weighted by molar-refractivity contribution is 7.10. The minimum Gasteiger partial charge on any atom is -0.491 e. The Morgan fingerprint density at radius 3 is 2.90 bits per heavy atom. The summed E-state index contributed by atoms with van der Waals surface area (Å²) in [6.45, 7) is 2.90. The lowest BCUT2D eigenvalue weighted by molar-refractivity contribution is -0.135. The number of nitrogens with zero attached hydrogens (tertiary/aromatic N) is 2. The maximum absolute atomic E-state index is 13.5. The molecule has 2 aromatic heterocycles. The highest BCUT2D eigenvalue weighted by Gasteiger charge is 2.33. The number of halogens is 1. The molecule has 3 heterocycles. The summed E-state index contributed by atoms with van der Waals surface area (Å²) in [6, 6.07) is 10.9.